The molecule has 80 valence electrons. The van der Waals surface area contributed by atoms with E-state index in [2.05, 4.69) is 4.72 Å². The van der Waals surface area contributed by atoms with Crippen LogP contribution >= 0.6 is 0 Å². The molecule has 0 aliphatic carbocycles. The van der Waals surface area contributed by atoms with Crippen LogP contribution in [0.4, 0.5) is 0 Å². The summed E-state index contributed by atoms with van der Waals surface area (Å²) in [6.45, 7) is 1.43. The zero-order valence-electron chi connectivity index (χ0n) is 8.31. The average molecular weight is 219 g/mol. The Morgan fingerprint density at radius 3 is 2.43 bits per heavy atom. The Hall–Kier alpha value is -1.13. The third-order valence-corrected chi connectivity index (χ3v) is 2.64. The summed E-state index contributed by atoms with van der Waals surface area (Å²) in [7, 11) is -0.618. The lowest BCUT2D eigenvalue weighted by Gasteiger charge is -2.16. The van der Waals surface area contributed by atoms with Crippen molar-refractivity contribution in [3.05, 3.63) is 0 Å². The highest BCUT2D eigenvalue weighted by atomic mass is 32.2. The summed E-state index contributed by atoms with van der Waals surface area (Å²) >= 11 is 0. The lowest BCUT2D eigenvalue weighted by molar-refractivity contribution is -0.130. The molecule has 7 heteroatoms. The largest absolute Gasteiger partial charge is 0.347 e. The minimum absolute atomic E-state index is 0.355. The van der Waals surface area contributed by atoms with Gasteiger partial charge in [0.15, 0.2) is 5.75 Å². The third kappa shape index (κ3) is 4.20. The molecule has 0 rings (SSSR count). The van der Waals surface area contributed by atoms with Crippen molar-refractivity contribution < 1.29 is 13.2 Å². The van der Waals surface area contributed by atoms with E-state index >= 15 is 0 Å². The monoisotopic (exact) mass is 219 g/mol. The van der Waals surface area contributed by atoms with Crippen LogP contribution in [0, 0.1) is 11.3 Å². The minimum atomic E-state index is -3.67. The van der Waals surface area contributed by atoms with Crippen molar-refractivity contribution >= 4 is 15.9 Å². The summed E-state index contributed by atoms with van der Waals surface area (Å²) in [6.07, 6.45) is 0. The fourth-order valence-electron chi connectivity index (χ4n) is 0.834. The molecule has 0 saturated carbocycles. The fourth-order valence-corrected chi connectivity index (χ4v) is 1.73. The number of likely N-dealkylation sites (N-methyl/N-ethyl adjacent to an activating group) is 1. The number of hydrogen-bond acceptors (Lipinski definition) is 4. The molecule has 0 aliphatic rings. The van der Waals surface area contributed by atoms with Gasteiger partial charge in [-0.05, 0) is 6.92 Å². The van der Waals surface area contributed by atoms with Crippen molar-refractivity contribution in [3.8, 4) is 6.07 Å². The van der Waals surface area contributed by atoms with Gasteiger partial charge in [0.25, 0.3) is 0 Å². The maximum atomic E-state index is 11.2. The topological polar surface area (TPSA) is 90.3 Å². The Labute approximate surface area is 83.6 Å². The van der Waals surface area contributed by atoms with Crippen molar-refractivity contribution in [3.63, 3.8) is 0 Å². The van der Waals surface area contributed by atoms with E-state index in [0.717, 1.165) is 0 Å². The molecule has 1 N–H and O–H groups in total. The molecule has 1 unspecified atom stereocenters. The van der Waals surface area contributed by atoms with Gasteiger partial charge in [-0.25, -0.2) is 13.1 Å². The summed E-state index contributed by atoms with van der Waals surface area (Å²) in [4.78, 5) is 12.5. The van der Waals surface area contributed by atoms with Gasteiger partial charge in [0, 0.05) is 14.1 Å². The standard InChI is InChI=1S/C7H13N3O3S/c1-6(7(11)10(2)3)9-14(12,13)5-4-8/h6,9H,5H2,1-3H3. The van der Waals surface area contributed by atoms with Crippen LogP contribution in [0.2, 0.25) is 0 Å². The quantitative estimate of drug-likeness (QED) is 0.650. The van der Waals surface area contributed by atoms with Crippen LogP contribution in [0.25, 0.3) is 0 Å². The van der Waals surface area contributed by atoms with Crippen molar-refractivity contribution in [1.82, 2.24) is 9.62 Å². The highest BCUT2D eigenvalue weighted by Crippen LogP contribution is 1.92. The molecular formula is C7H13N3O3S. The molecule has 0 aromatic carbocycles. The van der Waals surface area contributed by atoms with Crippen LogP contribution in [0.5, 0.6) is 0 Å². The summed E-state index contributed by atoms with van der Waals surface area (Å²) in [5.41, 5.74) is 0. The van der Waals surface area contributed by atoms with Gasteiger partial charge in [-0.3, -0.25) is 4.79 Å². The van der Waals surface area contributed by atoms with Gasteiger partial charge in [-0.15, -0.1) is 0 Å². The first kappa shape index (κ1) is 12.9. The summed E-state index contributed by atoms with van der Waals surface area (Å²) in [5.74, 6) is -0.996. The molecular weight excluding hydrogens is 206 g/mol. The molecule has 0 radical (unpaired) electrons. The SMILES string of the molecule is CC(NS(=O)(=O)CC#N)C(=O)N(C)C. The fraction of sp³-hybridized carbons (Fsp3) is 0.714. The van der Waals surface area contributed by atoms with Gasteiger partial charge < -0.3 is 4.90 Å². The molecule has 1 amide bonds. The smallest absolute Gasteiger partial charge is 0.239 e. The molecule has 1 atom stereocenters. The van der Waals surface area contributed by atoms with Crippen LogP contribution < -0.4 is 4.72 Å². The molecule has 0 fully saturated rings. The Kier molecular flexibility index (Phi) is 4.53. The highest BCUT2D eigenvalue weighted by Gasteiger charge is 2.20. The number of nitriles is 1. The van der Waals surface area contributed by atoms with E-state index in [1.54, 1.807) is 0 Å². The first-order valence-electron chi connectivity index (χ1n) is 3.88. The summed E-state index contributed by atoms with van der Waals surface area (Å²) in [6, 6.07) is 0.662. The molecule has 0 saturated heterocycles. The van der Waals surface area contributed by atoms with Crippen LogP contribution in [0.15, 0.2) is 0 Å². The highest BCUT2D eigenvalue weighted by molar-refractivity contribution is 7.89. The number of nitrogens with one attached hydrogen (secondary N) is 1. The van der Waals surface area contributed by atoms with E-state index < -0.39 is 21.8 Å². The number of nitrogens with zero attached hydrogens (tertiary/aromatic N) is 2. The maximum Gasteiger partial charge on any atom is 0.239 e. The number of amides is 1. The van der Waals surface area contributed by atoms with E-state index in [0.29, 0.717) is 0 Å². The first-order chi connectivity index (χ1) is 6.30. The van der Waals surface area contributed by atoms with Crippen molar-refractivity contribution in [1.29, 1.82) is 5.26 Å². The Bertz CT molecular complexity index is 342. The molecule has 0 heterocycles. The van der Waals surface area contributed by atoms with Gasteiger partial charge in [0.1, 0.15) is 0 Å². The number of rotatable bonds is 4. The number of hydrogen-bond donors (Lipinski definition) is 1. The van der Waals surface area contributed by atoms with Crippen LogP contribution in [-0.4, -0.2) is 45.1 Å². The Morgan fingerprint density at radius 2 is 2.07 bits per heavy atom. The van der Waals surface area contributed by atoms with Crippen molar-refractivity contribution in [2.24, 2.45) is 0 Å². The van der Waals surface area contributed by atoms with Gasteiger partial charge in [0.05, 0.1) is 12.1 Å². The molecule has 0 aromatic rings. The van der Waals surface area contributed by atoms with E-state index in [9.17, 15) is 13.2 Å². The number of sulfonamides is 1. The maximum absolute atomic E-state index is 11.2. The zero-order valence-corrected chi connectivity index (χ0v) is 9.13. The number of carbonyl (C=O) groups excluding carboxylic acids is 1. The second kappa shape index (κ2) is 4.93. The predicted octanol–water partition coefficient (Wildman–Crippen LogP) is -1.09. The van der Waals surface area contributed by atoms with Crippen molar-refractivity contribution in [2.45, 2.75) is 13.0 Å². The normalized spacial score (nSPS) is 13.0. The van der Waals surface area contributed by atoms with Crippen molar-refractivity contribution in [2.75, 3.05) is 19.8 Å². The zero-order chi connectivity index (χ0) is 11.4. The second-order valence-corrected chi connectivity index (χ2v) is 4.74. The molecule has 14 heavy (non-hydrogen) atoms. The minimum Gasteiger partial charge on any atom is -0.347 e. The van der Waals surface area contributed by atoms with Crippen LogP contribution in [-0.2, 0) is 14.8 Å². The second-order valence-electron chi connectivity index (χ2n) is 2.99. The lowest BCUT2D eigenvalue weighted by Crippen LogP contribution is -2.44. The van der Waals surface area contributed by atoms with Gasteiger partial charge >= 0.3 is 0 Å². The van der Waals surface area contributed by atoms with Crippen LogP contribution in [0.3, 0.4) is 0 Å². The average Bonchev–Trinajstić information content (AvgIpc) is 2.01. The van der Waals surface area contributed by atoms with E-state index in [-0.39, 0.29) is 5.91 Å². The molecule has 0 bridgehead atoms. The Balaban J connectivity index is 4.42. The molecule has 0 spiro atoms. The lowest BCUT2D eigenvalue weighted by atomic mass is 10.3. The first-order valence-corrected chi connectivity index (χ1v) is 5.53. The van der Waals surface area contributed by atoms with E-state index in [1.165, 1.54) is 32.0 Å². The predicted molar refractivity (Wildman–Crippen MR) is 50.7 cm³/mol. The van der Waals surface area contributed by atoms with Gasteiger partial charge in [0.2, 0.25) is 15.9 Å². The number of carbonyl (C=O) groups is 1. The Morgan fingerprint density at radius 1 is 1.57 bits per heavy atom. The van der Waals surface area contributed by atoms with Gasteiger partial charge in [-0.1, -0.05) is 0 Å². The molecule has 6 nitrogen and oxygen atoms in total. The summed E-state index contributed by atoms with van der Waals surface area (Å²) in [5, 5.41) is 8.20. The third-order valence-electron chi connectivity index (χ3n) is 1.42. The molecule has 0 aliphatic heterocycles. The van der Waals surface area contributed by atoms with Gasteiger partial charge in [-0.2, -0.15) is 5.26 Å². The van der Waals surface area contributed by atoms with E-state index in [1.807, 2.05) is 0 Å². The van der Waals surface area contributed by atoms with Crippen LogP contribution in [0.1, 0.15) is 6.92 Å². The molecule has 0 aromatic heterocycles. The van der Waals surface area contributed by atoms with E-state index in [4.69, 9.17) is 5.26 Å². The summed E-state index contributed by atoms with van der Waals surface area (Å²) < 4.78 is 24.2.